The van der Waals surface area contributed by atoms with Crippen LogP contribution in [0, 0.1) is 6.92 Å². The molecule has 0 atom stereocenters. The van der Waals surface area contributed by atoms with Gasteiger partial charge in [0.05, 0.1) is 10.6 Å². The SMILES string of the molecule is CCC(=O)NS(=O)(=O)c1ccc(Nc2ncc(C)c(Nc3ccc(CNC(=O)CCS(=O)(=O)CC)cc3)n2)cc1.[NaH]. The number of rotatable bonds is 13. The van der Waals surface area contributed by atoms with Crippen LogP contribution in [0.5, 0.6) is 0 Å². The van der Waals surface area contributed by atoms with E-state index in [0.29, 0.717) is 11.5 Å². The number of amides is 2. The number of benzene rings is 2. The van der Waals surface area contributed by atoms with E-state index >= 15 is 0 Å². The summed E-state index contributed by atoms with van der Waals surface area (Å²) >= 11 is 0. The summed E-state index contributed by atoms with van der Waals surface area (Å²) in [6.07, 6.45) is 1.62. The van der Waals surface area contributed by atoms with Crippen molar-refractivity contribution in [3.63, 3.8) is 0 Å². The van der Waals surface area contributed by atoms with Crippen LogP contribution in [0.25, 0.3) is 0 Å². The van der Waals surface area contributed by atoms with Crippen molar-refractivity contribution in [1.29, 1.82) is 0 Å². The Balaban J connectivity index is 0.00000588. The minimum absolute atomic E-state index is 0. The van der Waals surface area contributed by atoms with Crippen LogP contribution in [0.3, 0.4) is 0 Å². The van der Waals surface area contributed by atoms with E-state index in [4.69, 9.17) is 0 Å². The number of hydrogen-bond donors (Lipinski definition) is 4. The summed E-state index contributed by atoms with van der Waals surface area (Å²) in [6.45, 7) is 5.24. The van der Waals surface area contributed by atoms with Crippen molar-refractivity contribution in [1.82, 2.24) is 20.0 Å². The molecule has 1 aromatic heterocycles. The second-order valence-corrected chi connectivity index (χ2v) is 13.0. The van der Waals surface area contributed by atoms with E-state index in [2.05, 4.69) is 25.9 Å². The molecule has 216 valence electrons. The molecule has 41 heavy (non-hydrogen) atoms. The van der Waals surface area contributed by atoms with Gasteiger partial charge in [-0.15, -0.1) is 0 Å². The van der Waals surface area contributed by atoms with Crippen molar-refractivity contribution in [3.05, 3.63) is 65.9 Å². The summed E-state index contributed by atoms with van der Waals surface area (Å²) in [5, 5.41) is 8.97. The molecule has 0 radical (unpaired) electrons. The number of carbonyl (C=O) groups is 2. The van der Waals surface area contributed by atoms with Crippen LogP contribution in [0.1, 0.15) is 37.8 Å². The van der Waals surface area contributed by atoms with Crippen LogP contribution in [0.4, 0.5) is 23.1 Å². The molecular weight excluding hydrogens is 579 g/mol. The average molecular weight is 613 g/mol. The van der Waals surface area contributed by atoms with Gasteiger partial charge in [0.15, 0.2) is 9.84 Å². The van der Waals surface area contributed by atoms with Crippen molar-refractivity contribution in [2.24, 2.45) is 0 Å². The Kier molecular flexibility index (Phi) is 12.7. The van der Waals surface area contributed by atoms with Gasteiger partial charge in [0.25, 0.3) is 10.0 Å². The number of carbonyl (C=O) groups excluding carboxylic acids is 2. The van der Waals surface area contributed by atoms with Crippen LogP contribution in [0.2, 0.25) is 0 Å². The Bertz CT molecular complexity index is 1560. The van der Waals surface area contributed by atoms with E-state index in [1.807, 2.05) is 35.9 Å². The fraction of sp³-hybridized carbons (Fsp3) is 0.308. The number of anilines is 4. The van der Waals surface area contributed by atoms with Gasteiger partial charge < -0.3 is 16.0 Å². The molecule has 2 aromatic carbocycles. The molecule has 0 saturated heterocycles. The van der Waals surface area contributed by atoms with Gasteiger partial charge in [0.1, 0.15) is 5.82 Å². The number of sulfone groups is 1. The summed E-state index contributed by atoms with van der Waals surface area (Å²) in [7, 11) is -7.13. The van der Waals surface area contributed by atoms with Crippen LogP contribution in [0.15, 0.2) is 59.6 Å². The Labute approximate surface area is 262 Å². The van der Waals surface area contributed by atoms with Gasteiger partial charge in [-0.2, -0.15) is 4.98 Å². The van der Waals surface area contributed by atoms with Crippen molar-refractivity contribution < 1.29 is 26.4 Å². The number of sulfonamides is 1. The summed E-state index contributed by atoms with van der Waals surface area (Å²) in [6, 6.07) is 13.2. The molecular formula is C26H33N6NaO6S2. The third-order valence-electron chi connectivity index (χ3n) is 5.75. The molecule has 12 nitrogen and oxygen atoms in total. The number of nitrogens with zero attached hydrogens (tertiary/aromatic N) is 2. The van der Waals surface area contributed by atoms with E-state index in [1.165, 1.54) is 12.1 Å². The molecule has 15 heteroatoms. The Morgan fingerprint density at radius 2 is 1.46 bits per heavy atom. The molecule has 0 fully saturated rings. The number of aromatic nitrogens is 2. The predicted octanol–water partition coefficient (Wildman–Crippen LogP) is 2.28. The average Bonchev–Trinajstić information content (AvgIpc) is 2.93. The molecule has 1 heterocycles. The van der Waals surface area contributed by atoms with Crippen LogP contribution in [-0.2, 0) is 36.0 Å². The van der Waals surface area contributed by atoms with Crippen molar-refractivity contribution in [2.45, 2.75) is 45.1 Å². The molecule has 3 rings (SSSR count). The Morgan fingerprint density at radius 3 is 2.07 bits per heavy atom. The second-order valence-electron chi connectivity index (χ2n) is 8.84. The van der Waals surface area contributed by atoms with E-state index in [1.54, 1.807) is 32.2 Å². The summed E-state index contributed by atoms with van der Waals surface area (Å²) in [5.41, 5.74) is 2.94. The normalized spacial score (nSPS) is 11.2. The maximum absolute atomic E-state index is 12.3. The standard InChI is InChI=1S/C26H32N6O6S2.Na.H/c1-4-23(33)32-40(37,38)22-12-10-21(11-13-22)30-26-28-16-18(3)25(31-26)29-20-8-6-19(7-9-20)17-27-24(34)14-15-39(35,36)5-2;;/h6-13,16H,4-5,14-15,17H2,1-3H3,(H,27,34)(H,32,33)(H2,28,29,30,31);;. The first-order chi connectivity index (χ1) is 18.9. The van der Waals surface area contributed by atoms with Crippen LogP contribution < -0.4 is 20.7 Å². The third-order valence-corrected chi connectivity index (χ3v) is 8.84. The quantitative estimate of drug-likeness (QED) is 0.210. The van der Waals surface area contributed by atoms with E-state index in [-0.39, 0.29) is 77.2 Å². The molecule has 3 aromatic rings. The predicted molar refractivity (Wildman–Crippen MR) is 160 cm³/mol. The summed E-state index contributed by atoms with van der Waals surface area (Å²) in [4.78, 5) is 32.1. The molecule has 4 N–H and O–H groups in total. The van der Waals surface area contributed by atoms with Crippen LogP contribution in [-0.4, -0.2) is 79.7 Å². The van der Waals surface area contributed by atoms with Gasteiger partial charge in [-0.3, -0.25) is 9.59 Å². The van der Waals surface area contributed by atoms with Crippen molar-refractivity contribution >= 4 is 84.4 Å². The Hall–Kier alpha value is -3.04. The van der Waals surface area contributed by atoms with Gasteiger partial charge in [0.2, 0.25) is 17.8 Å². The molecule has 0 aliphatic rings. The van der Waals surface area contributed by atoms with Gasteiger partial charge in [-0.05, 0) is 48.9 Å². The molecule has 0 aliphatic carbocycles. The van der Waals surface area contributed by atoms with Gasteiger partial charge in [0, 0.05) is 48.3 Å². The van der Waals surface area contributed by atoms with E-state index in [0.717, 1.165) is 16.8 Å². The van der Waals surface area contributed by atoms with Crippen molar-refractivity contribution in [2.75, 3.05) is 22.1 Å². The Morgan fingerprint density at radius 1 is 0.854 bits per heavy atom. The van der Waals surface area contributed by atoms with Gasteiger partial charge in [-0.1, -0.05) is 26.0 Å². The zero-order valence-electron chi connectivity index (χ0n) is 22.4. The fourth-order valence-electron chi connectivity index (χ4n) is 3.28. The number of nitrogens with one attached hydrogen (secondary N) is 4. The third kappa shape index (κ3) is 10.7. The van der Waals surface area contributed by atoms with Gasteiger partial charge >= 0.3 is 29.6 Å². The molecule has 0 spiro atoms. The second kappa shape index (κ2) is 15.3. The molecule has 0 bridgehead atoms. The van der Waals surface area contributed by atoms with E-state index < -0.39 is 25.8 Å². The molecule has 0 saturated carbocycles. The number of aryl methyl sites for hydroxylation is 1. The molecule has 0 unspecified atom stereocenters. The first kappa shape index (κ1) is 34.2. The van der Waals surface area contributed by atoms with Crippen LogP contribution >= 0.6 is 0 Å². The fourth-order valence-corrected chi connectivity index (χ4v) is 5.12. The first-order valence-corrected chi connectivity index (χ1v) is 15.8. The van der Waals surface area contributed by atoms with Crippen molar-refractivity contribution in [3.8, 4) is 0 Å². The maximum atomic E-state index is 12.3. The summed E-state index contributed by atoms with van der Waals surface area (Å²) < 4.78 is 49.6. The zero-order chi connectivity index (χ0) is 29.3. The molecule has 2 amide bonds. The first-order valence-electron chi connectivity index (χ1n) is 12.5. The summed E-state index contributed by atoms with van der Waals surface area (Å²) in [5.74, 6) is -0.230. The van der Waals surface area contributed by atoms with Gasteiger partial charge in [-0.25, -0.2) is 26.5 Å². The topological polar surface area (TPSA) is 176 Å². The molecule has 0 aliphatic heterocycles. The number of hydrogen-bond acceptors (Lipinski definition) is 10. The monoisotopic (exact) mass is 612 g/mol. The minimum atomic E-state index is -3.94. The van der Waals surface area contributed by atoms with E-state index in [9.17, 15) is 26.4 Å². The zero-order valence-corrected chi connectivity index (χ0v) is 24.0.